The number of primary amides is 1. The number of amides is 1. The van der Waals surface area contributed by atoms with E-state index in [1.165, 1.54) is 7.11 Å². The van der Waals surface area contributed by atoms with Gasteiger partial charge in [-0.05, 0) is 65.2 Å². The number of Topliss-reactive ketones (excluding diaryl/α,β-unsaturated/α-hetero) is 2. The van der Waals surface area contributed by atoms with Crippen molar-refractivity contribution in [3.63, 3.8) is 0 Å². The van der Waals surface area contributed by atoms with Crippen LogP contribution in [0.15, 0.2) is 28.7 Å². The standard InChI is InChI=1S/C32H45N3O8/c1-9-35(13-15(2)3)14-18-12-21(36)23-19(28(18)43-16(4)5)10-17-11-20-25(34(6)7)27(38)24(31(33)41)30(40)32(20,42-8)29(39)22(17)26(23)37/h12,15-17,20,25,36,38-39H,9-11,13-14H2,1-8H3,(H2,33,41)/t17-,20-,25-,32-/m0/s1. The Labute approximate surface area is 252 Å². The molecule has 1 amide bonds. The van der Waals surface area contributed by atoms with Crippen molar-refractivity contribution >= 4 is 17.5 Å². The SMILES string of the molecule is CCN(Cc1cc(O)c2c(c1OC(C)C)C[C@H]1C[C@H]3[C@H](N(C)C)C(O)=C(C(N)=O)C(=O)[C@@]3(OC)C(O)=C1C2=O)CC(C)C. The molecule has 3 aliphatic rings. The van der Waals surface area contributed by atoms with Gasteiger partial charge in [-0.3, -0.25) is 24.2 Å². The molecule has 11 heteroatoms. The fourth-order valence-corrected chi connectivity index (χ4v) is 7.25. The third-order valence-electron chi connectivity index (χ3n) is 8.86. The summed E-state index contributed by atoms with van der Waals surface area (Å²) in [5.74, 6) is -4.66. The Bertz CT molecular complexity index is 1400. The number of rotatable bonds is 10. The Hall–Kier alpha value is -3.41. The molecule has 0 heterocycles. The second kappa shape index (κ2) is 11.9. The smallest absolute Gasteiger partial charge is 0.255 e. The van der Waals surface area contributed by atoms with Gasteiger partial charge in [-0.1, -0.05) is 20.8 Å². The van der Waals surface area contributed by atoms with Gasteiger partial charge in [0.25, 0.3) is 5.91 Å². The number of ketones is 2. The molecule has 4 rings (SSSR count). The molecular formula is C32H45N3O8. The summed E-state index contributed by atoms with van der Waals surface area (Å²) in [7, 11) is 4.55. The third kappa shape index (κ3) is 5.21. The zero-order chi connectivity index (χ0) is 32.1. The van der Waals surface area contributed by atoms with Crippen LogP contribution in [0.3, 0.4) is 0 Å². The van der Waals surface area contributed by atoms with Crippen LogP contribution in [0.25, 0.3) is 0 Å². The topological polar surface area (TPSA) is 163 Å². The highest BCUT2D eigenvalue weighted by atomic mass is 16.5. The van der Waals surface area contributed by atoms with Crippen molar-refractivity contribution in [2.24, 2.45) is 23.5 Å². The van der Waals surface area contributed by atoms with E-state index in [1.807, 2.05) is 13.8 Å². The molecular weight excluding hydrogens is 554 g/mol. The summed E-state index contributed by atoms with van der Waals surface area (Å²) in [5.41, 5.74) is 3.95. The van der Waals surface area contributed by atoms with Gasteiger partial charge >= 0.3 is 0 Å². The average molecular weight is 600 g/mol. The highest BCUT2D eigenvalue weighted by Gasteiger charge is 2.64. The van der Waals surface area contributed by atoms with Crippen LogP contribution in [0.2, 0.25) is 0 Å². The number of aliphatic hydroxyl groups excluding tert-OH is 2. The molecule has 0 aromatic heterocycles. The molecule has 0 saturated heterocycles. The summed E-state index contributed by atoms with van der Waals surface area (Å²) >= 11 is 0. The number of nitrogens with zero attached hydrogens (tertiary/aromatic N) is 2. The van der Waals surface area contributed by atoms with Crippen LogP contribution in [0, 0.1) is 17.8 Å². The fraction of sp³-hybridized carbons (Fsp3) is 0.594. The summed E-state index contributed by atoms with van der Waals surface area (Å²) in [6, 6.07) is 0.632. The number of likely N-dealkylation sites (N-methyl/N-ethyl adjacent to an activating group) is 1. The van der Waals surface area contributed by atoms with E-state index in [0.29, 0.717) is 23.8 Å². The number of allylic oxidation sites excluding steroid dienone is 1. The Morgan fingerprint density at radius 1 is 1.16 bits per heavy atom. The van der Waals surface area contributed by atoms with Crippen molar-refractivity contribution in [2.45, 2.75) is 71.8 Å². The van der Waals surface area contributed by atoms with Gasteiger partial charge in [0.15, 0.2) is 11.4 Å². The van der Waals surface area contributed by atoms with Crippen LogP contribution in [0.4, 0.5) is 0 Å². The molecule has 0 saturated carbocycles. The van der Waals surface area contributed by atoms with E-state index in [4.69, 9.17) is 15.2 Å². The molecule has 0 spiro atoms. The first-order valence-electron chi connectivity index (χ1n) is 14.9. The van der Waals surface area contributed by atoms with Gasteiger partial charge in [-0.15, -0.1) is 0 Å². The number of ether oxygens (including phenoxy) is 2. The normalized spacial score (nSPS) is 25.5. The Kier molecular flexibility index (Phi) is 9.02. The molecule has 0 unspecified atom stereocenters. The third-order valence-corrected chi connectivity index (χ3v) is 8.86. The van der Waals surface area contributed by atoms with E-state index in [-0.39, 0.29) is 35.8 Å². The first kappa shape index (κ1) is 32.5. The lowest BCUT2D eigenvalue weighted by Gasteiger charge is -2.51. The molecule has 43 heavy (non-hydrogen) atoms. The average Bonchev–Trinajstić information content (AvgIpc) is 2.89. The second-order valence-corrected chi connectivity index (χ2v) is 12.8. The maximum absolute atomic E-state index is 14.2. The Balaban J connectivity index is 1.94. The van der Waals surface area contributed by atoms with Crippen LogP contribution in [0.5, 0.6) is 11.5 Å². The highest BCUT2D eigenvalue weighted by Crippen LogP contribution is 2.54. The monoisotopic (exact) mass is 599 g/mol. The summed E-state index contributed by atoms with van der Waals surface area (Å²) in [6.07, 6.45) is 0.172. The van der Waals surface area contributed by atoms with E-state index in [9.17, 15) is 29.7 Å². The number of benzene rings is 1. The molecule has 0 radical (unpaired) electrons. The number of fused-ring (bicyclic) bond motifs is 3. The molecule has 5 N–H and O–H groups in total. The molecule has 236 valence electrons. The zero-order valence-electron chi connectivity index (χ0n) is 26.4. The quantitative estimate of drug-likeness (QED) is 0.294. The van der Waals surface area contributed by atoms with Crippen LogP contribution in [-0.4, -0.2) is 94.6 Å². The molecule has 0 fully saturated rings. The maximum atomic E-state index is 14.2. The lowest BCUT2D eigenvalue weighted by molar-refractivity contribution is -0.154. The summed E-state index contributed by atoms with van der Waals surface area (Å²) in [6.45, 7) is 12.2. The second-order valence-electron chi connectivity index (χ2n) is 12.8. The maximum Gasteiger partial charge on any atom is 0.255 e. The van der Waals surface area contributed by atoms with Crippen molar-refractivity contribution in [3.8, 4) is 11.5 Å². The minimum Gasteiger partial charge on any atom is -0.510 e. The Morgan fingerprint density at radius 3 is 2.33 bits per heavy atom. The van der Waals surface area contributed by atoms with Crippen molar-refractivity contribution in [1.29, 1.82) is 0 Å². The van der Waals surface area contributed by atoms with Crippen molar-refractivity contribution in [3.05, 3.63) is 45.4 Å². The predicted octanol–water partition coefficient (Wildman–Crippen LogP) is 3.04. The molecule has 0 aliphatic heterocycles. The van der Waals surface area contributed by atoms with Crippen molar-refractivity contribution < 1.29 is 39.2 Å². The number of aliphatic hydroxyl groups is 2. The molecule has 0 bridgehead atoms. The molecule has 4 atom stereocenters. The molecule has 1 aromatic carbocycles. The van der Waals surface area contributed by atoms with E-state index in [0.717, 1.165) is 18.7 Å². The first-order chi connectivity index (χ1) is 20.1. The largest absolute Gasteiger partial charge is 0.510 e. The summed E-state index contributed by atoms with van der Waals surface area (Å²) in [5, 5.41) is 34.2. The highest BCUT2D eigenvalue weighted by molar-refractivity contribution is 6.25. The van der Waals surface area contributed by atoms with Gasteiger partial charge in [-0.25, -0.2) is 0 Å². The van der Waals surface area contributed by atoms with E-state index < -0.39 is 58.0 Å². The number of methoxy groups -OCH3 is 1. The summed E-state index contributed by atoms with van der Waals surface area (Å²) < 4.78 is 12.1. The molecule has 11 nitrogen and oxygen atoms in total. The minimum atomic E-state index is -2.13. The van der Waals surface area contributed by atoms with E-state index in [1.54, 1.807) is 25.1 Å². The van der Waals surface area contributed by atoms with Gasteiger partial charge in [0, 0.05) is 42.8 Å². The van der Waals surface area contributed by atoms with Gasteiger partial charge in [0.1, 0.15) is 28.6 Å². The van der Waals surface area contributed by atoms with Crippen LogP contribution in [0.1, 0.15) is 62.5 Å². The first-order valence-corrected chi connectivity index (χ1v) is 14.9. The lowest BCUT2D eigenvalue weighted by Crippen LogP contribution is -2.64. The van der Waals surface area contributed by atoms with Crippen LogP contribution < -0.4 is 10.5 Å². The number of nitrogens with two attached hydrogens (primary N) is 1. The molecule has 3 aliphatic carbocycles. The summed E-state index contributed by atoms with van der Waals surface area (Å²) in [4.78, 5) is 44.3. The van der Waals surface area contributed by atoms with E-state index in [2.05, 4.69) is 25.7 Å². The number of hydrogen-bond acceptors (Lipinski definition) is 10. The van der Waals surface area contributed by atoms with Crippen LogP contribution in [-0.2, 0) is 27.3 Å². The molecule has 1 aromatic rings. The lowest BCUT2D eigenvalue weighted by atomic mass is 9.58. The number of phenols is 1. The number of carbonyl (C=O) groups excluding carboxylic acids is 3. The van der Waals surface area contributed by atoms with Gasteiger partial charge in [0.05, 0.1) is 17.7 Å². The number of phenolic OH excluding ortho intramolecular Hbond substituents is 1. The van der Waals surface area contributed by atoms with Crippen molar-refractivity contribution in [2.75, 3.05) is 34.3 Å². The number of carbonyl (C=O) groups is 3. The van der Waals surface area contributed by atoms with Gasteiger partial charge in [0.2, 0.25) is 5.78 Å². The van der Waals surface area contributed by atoms with E-state index >= 15 is 0 Å². The Morgan fingerprint density at radius 2 is 1.81 bits per heavy atom. The predicted molar refractivity (Wildman–Crippen MR) is 160 cm³/mol. The van der Waals surface area contributed by atoms with Crippen LogP contribution >= 0.6 is 0 Å². The number of hydrogen-bond donors (Lipinski definition) is 4. The minimum absolute atomic E-state index is 0.00902. The van der Waals surface area contributed by atoms with Gasteiger partial charge in [-0.2, -0.15) is 0 Å². The number of aromatic hydroxyl groups is 1. The zero-order valence-corrected chi connectivity index (χ0v) is 26.4. The van der Waals surface area contributed by atoms with Crippen molar-refractivity contribution in [1.82, 2.24) is 9.80 Å². The fourth-order valence-electron chi connectivity index (χ4n) is 7.25. The van der Waals surface area contributed by atoms with Gasteiger partial charge < -0.3 is 30.5 Å².